The molecule has 0 bridgehead atoms. The van der Waals surface area contributed by atoms with Crippen molar-refractivity contribution in [2.45, 2.75) is 25.7 Å². The first-order valence-corrected chi connectivity index (χ1v) is 10.9. The average molecular weight is 409 g/mol. The van der Waals surface area contributed by atoms with E-state index in [4.69, 9.17) is 16.6 Å². The van der Waals surface area contributed by atoms with Crippen molar-refractivity contribution < 1.29 is 4.79 Å². The van der Waals surface area contributed by atoms with Crippen LogP contribution in [0.1, 0.15) is 25.7 Å². The molecule has 29 heavy (non-hydrogen) atoms. The zero-order valence-electron chi connectivity index (χ0n) is 16.4. The number of nitrogens with one attached hydrogen (secondary N) is 1. The van der Waals surface area contributed by atoms with Gasteiger partial charge >= 0.3 is 0 Å². The third kappa shape index (κ3) is 3.60. The number of para-hydroxylation sites is 2. The summed E-state index contributed by atoms with van der Waals surface area (Å²) >= 11 is 6.52. The zero-order chi connectivity index (χ0) is 19.8. The maximum atomic E-state index is 12.9. The van der Waals surface area contributed by atoms with Crippen molar-refractivity contribution in [2.24, 2.45) is 5.92 Å². The molecule has 1 atom stereocenters. The summed E-state index contributed by atoms with van der Waals surface area (Å²) in [7, 11) is 0. The number of amides is 1. The monoisotopic (exact) mass is 408 g/mol. The van der Waals surface area contributed by atoms with Gasteiger partial charge in [-0.3, -0.25) is 4.79 Å². The number of likely N-dealkylation sites (tertiary alicyclic amines) is 1. The van der Waals surface area contributed by atoms with Crippen LogP contribution >= 0.6 is 11.6 Å². The summed E-state index contributed by atoms with van der Waals surface area (Å²) in [6, 6.07) is 14.1. The molecule has 1 N–H and O–H groups in total. The van der Waals surface area contributed by atoms with Gasteiger partial charge in [0.2, 0.25) is 5.91 Å². The molecular weight excluding hydrogens is 384 g/mol. The minimum Gasteiger partial charge on any atom is -0.371 e. The van der Waals surface area contributed by atoms with E-state index in [0.717, 1.165) is 80.0 Å². The highest BCUT2D eigenvalue weighted by Crippen LogP contribution is 2.33. The van der Waals surface area contributed by atoms with Gasteiger partial charge in [-0.1, -0.05) is 23.7 Å². The van der Waals surface area contributed by atoms with Crippen molar-refractivity contribution in [3.05, 3.63) is 47.5 Å². The number of piperidine rings is 1. The minimum absolute atomic E-state index is 0.0900. The number of carbonyl (C=O) groups is 1. The highest BCUT2D eigenvalue weighted by Gasteiger charge is 2.30. The van der Waals surface area contributed by atoms with Gasteiger partial charge in [-0.15, -0.1) is 0 Å². The third-order valence-electron chi connectivity index (χ3n) is 6.15. The van der Waals surface area contributed by atoms with Crippen LogP contribution in [0.25, 0.3) is 22.4 Å². The first-order chi connectivity index (χ1) is 14.2. The molecule has 3 heterocycles. The van der Waals surface area contributed by atoms with E-state index < -0.39 is 0 Å². The predicted octanol–water partition coefficient (Wildman–Crippen LogP) is 4.72. The SMILES string of the molecule is O=C([C@H]1CCCN(c2ccc(Cl)c(-c3nc4ccccc4[nH]3)c2)C1)N1CCCC1. The lowest BCUT2D eigenvalue weighted by Gasteiger charge is -2.35. The molecule has 2 fully saturated rings. The number of hydrogen-bond acceptors (Lipinski definition) is 3. The molecule has 0 radical (unpaired) electrons. The highest BCUT2D eigenvalue weighted by atomic mass is 35.5. The summed E-state index contributed by atoms with van der Waals surface area (Å²) in [6.07, 6.45) is 4.29. The molecule has 2 aliphatic heterocycles. The molecule has 6 heteroatoms. The number of fused-ring (bicyclic) bond motifs is 1. The largest absolute Gasteiger partial charge is 0.371 e. The summed E-state index contributed by atoms with van der Waals surface area (Å²) in [6.45, 7) is 3.58. The standard InChI is InChI=1S/C23H25ClN4O/c24-19-10-9-17(14-18(19)22-25-20-7-1-2-8-21(20)26-22)28-13-5-6-16(15-28)23(29)27-11-3-4-12-27/h1-2,7-10,14,16H,3-6,11-13,15H2,(H,25,26)/t16-/m0/s1. The van der Waals surface area contributed by atoms with Crippen molar-refractivity contribution >= 4 is 34.2 Å². The summed E-state index contributed by atoms with van der Waals surface area (Å²) in [4.78, 5) is 25.3. The van der Waals surface area contributed by atoms with Gasteiger partial charge in [0.25, 0.3) is 0 Å². The van der Waals surface area contributed by atoms with Crippen molar-refractivity contribution in [1.82, 2.24) is 14.9 Å². The van der Waals surface area contributed by atoms with Gasteiger partial charge in [-0.05, 0) is 56.0 Å². The molecule has 0 saturated carbocycles. The first-order valence-electron chi connectivity index (χ1n) is 10.5. The second kappa shape index (κ2) is 7.71. The van der Waals surface area contributed by atoms with E-state index in [-0.39, 0.29) is 5.92 Å². The van der Waals surface area contributed by atoms with E-state index in [1.165, 1.54) is 0 Å². The number of aromatic nitrogens is 2. The Hall–Kier alpha value is -2.53. The van der Waals surface area contributed by atoms with E-state index >= 15 is 0 Å². The smallest absolute Gasteiger partial charge is 0.227 e. The van der Waals surface area contributed by atoms with Gasteiger partial charge in [0.15, 0.2) is 0 Å². The Labute approximate surface area is 175 Å². The molecule has 0 unspecified atom stereocenters. The Kier molecular flexibility index (Phi) is 4.92. The fraction of sp³-hybridized carbons (Fsp3) is 0.391. The van der Waals surface area contributed by atoms with Crippen LogP contribution in [-0.4, -0.2) is 47.0 Å². The number of benzene rings is 2. The molecule has 3 aromatic rings. The zero-order valence-corrected chi connectivity index (χ0v) is 17.2. The van der Waals surface area contributed by atoms with Crippen molar-refractivity contribution in [3.8, 4) is 11.4 Å². The van der Waals surface area contributed by atoms with Crippen LogP contribution in [0, 0.1) is 5.92 Å². The number of rotatable bonds is 3. The molecule has 2 aromatic carbocycles. The molecule has 5 rings (SSSR count). The highest BCUT2D eigenvalue weighted by molar-refractivity contribution is 6.33. The van der Waals surface area contributed by atoms with Gasteiger partial charge < -0.3 is 14.8 Å². The lowest BCUT2D eigenvalue weighted by Crippen LogP contribution is -2.44. The van der Waals surface area contributed by atoms with Gasteiger partial charge in [0.05, 0.1) is 22.0 Å². The van der Waals surface area contributed by atoms with Crippen LogP contribution in [0.4, 0.5) is 5.69 Å². The Bertz CT molecular complexity index is 1010. The second-order valence-electron chi connectivity index (χ2n) is 8.08. The van der Waals surface area contributed by atoms with Gasteiger partial charge in [-0.2, -0.15) is 0 Å². The fourth-order valence-corrected chi connectivity index (χ4v) is 4.79. The quantitative estimate of drug-likeness (QED) is 0.682. The molecule has 0 spiro atoms. The van der Waals surface area contributed by atoms with Crippen molar-refractivity contribution in [2.75, 3.05) is 31.1 Å². The number of carbonyl (C=O) groups excluding carboxylic acids is 1. The van der Waals surface area contributed by atoms with Crippen LogP contribution in [0.5, 0.6) is 0 Å². The van der Waals surface area contributed by atoms with E-state index in [2.05, 4.69) is 26.9 Å². The number of nitrogens with zero attached hydrogens (tertiary/aromatic N) is 3. The first kappa shape index (κ1) is 18.5. The van der Waals surface area contributed by atoms with Crippen molar-refractivity contribution in [1.29, 1.82) is 0 Å². The number of halogens is 1. The molecule has 1 aromatic heterocycles. The Morgan fingerprint density at radius 3 is 2.72 bits per heavy atom. The van der Waals surface area contributed by atoms with E-state index in [9.17, 15) is 4.79 Å². The normalized spacial score (nSPS) is 19.8. The van der Waals surface area contributed by atoms with E-state index in [1.807, 2.05) is 30.3 Å². The van der Waals surface area contributed by atoms with Crippen LogP contribution in [-0.2, 0) is 4.79 Å². The lowest BCUT2D eigenvalue weighted by molar-refractivity contribution is -0.134. The molecule has 2 aliphatic rings. The number of H-pyrrole nitrogens is 1. The Balaban J connectivity index is 1.41. The van der Waals surface area contributed by atoms with Crippen LogP contribution < -0.4 is 4.90 Å². The molecule has 0 aliphatic carbocycles. The van der Waals surface area contributed by atoms with Crippen LogP contribution in [0.2, 0.25) is 5.02 Å². The number of imidazole rings is 1. The Morgan fingerprint density at radius 1 is 1.07 bits per heavy atom. The van der Waals surface area contributed by atoms with Crippen LogP contribution in [0.3, 0.4) is 0 Å². The fourth-order valence-electron chi connectivity index (χ4n) is 4.58. The molecule has 2 saturated heterocycles. The summed E-state index contributed by atoms with van der Waals surface area (Å²) in [5.74, 6) is 1.20. The topological polar surface area (TPSA) is 52.2 Å². The van der Waals surface area contributed by atoms with Gasteiger partial charge in [-0.25, -0.2) is 4.98 Å². The summed E-state index contributed by atoms with van der Waals surface area (Å²) in [5.41, 5.74) is 3.92. The number of aromatic amines is 1. The van der Waals surface area contributed by atoms with E-state index in [1.54, 1.807) is 0 Å². The molecular formula is C23H25ClN4O. The maximum Gasteiger partial charge on any atom is 0.227 e. The molecule has 1 amide bonds. The van der Waals surface area contributed by atoms with Gasteiger partial charge in [0.1, 0.15) is 5.82 Å². The summed E-state index contributed by atoms with van der Waals surface area (Å²) < 4.78 is 0. The van der Waals surface area contributed by atoms with Gasteiger partial charge in [0, 0.05) is 37.4 Å². The number of anilines is 1. The van der Waals surface area contributed by atoms with E-state index in [0.29, 0.717) is 10.9 Å². The van der Waals surface area contributed by atoms with Crippen molar-refractivity contribution in [3.63, 3.8) is 0 Å². The predicted molar refractivity (Wildman–Crippen MR) is 117 cm³/mol. The third-order valence-corrected chi connectivity index (χ3v) is 6.48. The molecule has 150 valence electrons. The second-order valence-corrected chi connectivity index (χ2v) is 8.49. The summed E-state index contributed by atoms with van der Waals surface area (Å²) in [5, 5.41) is 0.675. The Morgan fingerprint density at radius 2 is 1.90 bits per heavy atom. The molecule has 5 nitrogen and oxygen atoms in total. The average Bonchev–Trinajstić information content (AvgIpc) is 3.43. The van der Waals surface area contributed by atoms with Crippen LogP contribution in [0.15, 0.2) is 42.5 Å². The number of hydrogen-bond donors (Lipinski definition) is 1. The minimum atomic E-state index is 0.0900. The lowest BCUT2D eigenvalue weighted by atomic mass is 9.96. The maximum absolute atomic E-state index is 12.9.